The molecule has 0 unspecified atom stereocenters. The molecule has 0 radical (unpaired) electrons. The van der Waals surface area contributed by atoms with Gasteiger partial charge in [-0.05, 0) is 29.8 Å². The average molecular weight is 385 g/mol. The fourth-order valence-electron chi connectivity index (χ4n) is 3.21. The predicted octanol–water partition coefficient (Wildman–Crippen LogP) is 5.39. The fourth-order valence-corrected chi connectivity index (χ4v) is 4.27. The van der Waals surface area contributed by atoms with E-state index in [-0.39, 0.29) is 0 Å². The lowest BCUT2D eigenvalue weighted by Gasteiger charge is -2.06. The Labute approximate surface area is 164 Å². The van der Waals surface area contributed by atoms with E-state index in [1.165, 1.54) is 6.21 Å². The average Bonchev–Trinajstić information content (AvgIpc) is 3.34. The van der Waals surface area contributed by atoms with Gasteiger partial charge in [0.05, 0.1) is 16.4 Å². The molecular weight excluding hydrogens is 370 g/mol. The number of fused-ring (bicyclic) bond motifs is 2. The molecule has 3 heterocycles. The van der Waals surface area contributed by atoms with E-state index in [2.05, 4.69) is 43.6 Å². The second-order valence-electron chi connectivity index (χ2n) is 6.29. The standard InChI is InChI=1S/C21H15N5OS/c27-25-11-14-10-22-17-7-6-15(8-16(14)17)26-21-20-18(23-12-24-21)9-19(28-20)13-4-2-1-3-5-13/h1-12,22,27H,(H,23,24,26). The lowest BCUT2D eigenvalue weighted by Crippen LogP contribution is -1.94. The number of rotatable bonds is 4. The molecule has 0 saturated heterocycles. The minimum atomic E-state index is 0.768. The molecule has 0 fully saturated rings. The van der Waals surface area contributed by atoms with E-state index in [1.54, 1.807) is 17.7 Å². The van der Waals surface area contributed by atoms with Crippen molar-refractivity contribution in [3.05, 3.63) is 72.7 Å². The maximum Gasteiger partial charge on any atom is 0.151 e. The highest BCUT2D eigenvalue weighted by Crippen LogP contribution is 2.36. The lowest BCUT2D eigenvalue weighted by atomic mass is 10.1. The molecule has 7 heteroatoms. The highest BCUT2D eigenvalue weighted by molar-refractivity contribution is 7.22. The predicted molar refractivity (Wildman–Crippen MR) is 114 cm³/mol. The summed E-state index contributed by atoms with van der Waals surface area (Å²) < 4.78 is 1.01. The Hall–Kier alpha value is -3.71. The summed E-state index contributed by atoms with van der Waals surface area (Å²) in [6.45, 7) is 0. The van der Waals surface area contributed by atoms with Crippen LogP contribution in [0.2, 0.25) is 0 Å². The number of aromatic amines is 1. The largest absolute Gasteiger partial charge is 0.411 e. The Balaban J connectivity index is 1.55. The molecule has 5 aromatic rings. The smallest absolute Gasteiger partial charge is 0.151 e. The van der Waals surface area contributed by atoms with E-state index >= 15 is 0 Å². The zero-order valence-corrected chi connectivity index (χ0v) is 15.4. The number of hydrogen-bond donors (Lipinski definition) is 3. The molecule has 0 bridgehead atoms. The molecule has 5 rings (SSSR count). The number of anilines is 2. The molecule has 0 saturated carbocycles. The second kappa shape index (κ2) is 6.79. The van der Waals surface area contributed by atoms with Gasteiger partial charge in [-0.1, -0.05) is 35.5 Å². The molecular formula is C21H15N5OS. The number of nitrogens with one attached hydrogen (secondary N) is 2. The summed E-state index contributed by atoms with van der Waals surface area (Å²) in [6, 6.07) is 18.3. The van der Waals surface area contributed by atoms with Gasteiger partial charge in [-0.15, -0.1) is 11.3 Å². The monoisotopic (exact) mass is 385 g/mol. The van der Waals surface area contributed by atoms with E-state index in [0.29, 0.717) is 0 Å². The zero-order chi connectivity index (χ0) is 18.9. The third-order valence-corrected chi connectivity index (χ3v) is 5.72. The van der Waals surface area contributed by atoms with Crippen molar-refractivity contribution in [1.29, 1.82) is 0 Å². The van der Waals surface area contributed by atoms with Gasteiger partial charge < -0.3 is 15.5 Å². The van der Waals surface area contributed by atoms with Crippen molar-refractivity contribution in [3.63, 3.8) is 0 Å². The van der Waals surface area contributed by atoms with Crippen molar-refractivity contribution in [2.45, 2.75) is 0 Å². The van der Waals surface area contributed by atoms with Crippen LogP contribution < -0.4 is 5.32 Å². The van der Waals surface area contributed by atoms with Gasteiger partial charge >= 0.3 is 0 Å². The summed E-state index contributed by atoms with van der Waals surface area (Å²) in [7, 11) is 0. The third-order valence-electron chi connectivity index (χ3n) is 4.54. The molecule has 136 valence electrons. The first-order chi connectivity index (χ1) is 13.8. The molecule has 0 amide bonds. The van der Waals surface area contributed by atoms with Gasteiger partial charge in [-0.2, -0.15) is 0 Å². The minimum absolute atomic E-state index is 0.768. The molecule has 3 aromatic heterocycles. The van der Waals surface area contributed by atoms with Crippen LogP contribution in [0.15, 0.2) is 72.3 Å². The van der Waals surface area contributed by atoms with Crippen LogP contribution in [-0.4, -0.2) is 26.4 Å². The van der Waals surface area contributed by atoms with E-state index < -0.39 is 0 Å². The topological polar surface area (TPSA) is 86.2 Å². The summed E-state index contributed by atoms with van der Waals surface area (Å²) in [6.07, 6.45) is 4.80. The molecule has 3 N–H and O–H groups in total. The maximum absolute atomic E-state index is 8.84. The highest BCUT2D eigenvalue weighted by atomic mass is 32.1. The Morgan fingerprint density at radius 2 is 1.96 bits per heavy atom. The Morgan fingerprint density at radius 1 is 1.07 bits per heavy atom. The molecule has 2 aromatic carbocycles. The van der Waals surface area contributed by atoms with Crippen LogP contribution in [0.1, 0.15) is 5.56 Å². The highest BCUT2D eigenvalue weighted by Gasteiger charge is 2.11. The first kappa shape index (κ1) is 16.5. The van der Waals surface area contributed by atoms with Crippen LogP contribution >= 0.6 is 11.3 Å². The normalized spacial score (nSPS) is 11.6. The Bertz CT molecular complexity index is 1310. The summed E-state index contributed by atoms with van der Waals surface area (Å²) >= 11 is 1.66. The quantitative estimate of drug-likeness (QED) is 0.220. The lowest BCUT2D eigenvalue weighted by molar-refractivity contribution is 0.322. The number of H-pyrrole nitrogens is 1. The number of hydrogen-bond acceptors (Lipinski definition) is 6. The van der Waals surface area contributed by atoms with Crippen LogP contribution in [0.5, 0.6) is 0 Å². The molecule has 0 aliphatic rings. The number of oxime groups is 1. The number of aromatic nitrogens is 3. The van der Waals surface area contributed by atoms with Crippen molar-refractivity contribution in [3.8, 4) is 10.4 Å². The maximum atomic E-state index is 8.84. The minimum Gasteiger partial charge on any atom is -0.411 e. The van der Waals surface area contributed by atoms with Crippen LogP contribution in [0, 0.1) is 0 Å². The second-order valence-corrected chi connectivity index (χ2v) is 7.34. The Morgan fingerprint density at radius 3 is 2.82 bits per heavy atom. The van der Waals surface area contributed by atoms with E-state index in [1.807, 2.05) is 42.6 Å². The van der Waals surface area contributed by atoms with Crippen molar-refractivity contribution in [2.75, 3.05) is 5.32 Å². The number of benzene rings is 2. The summed E-state index contributed by atoms with van der Waals surface area (Å²) in [5.41, 5.74) is 4.76. The van der Waals surface area contributed by atoms with Crippen molar-refractivity contribution >= 4 is 50.2 Å². The fraction of sp³-hybridized carbons (Fsp3) is 0. The first-order valence-electron chi connectivity index (χ1n) is 8.67. The zero-order valence-electron chi connectivity index (χ0n) is 14.6. The van der Waals surface area contributed by atoms with Gasteiger partial charge in [0.15, 0.2) is 5.82 Å². The van der Waals surface area contributed by atoms with Crippen LogP contribution in [-0.2, 0) is 0 Å². The summed E-state index contributed by atoms with van der Waals surface area (Å²) in [4.78, 5) is 13.2. The van der Waals surface area contributed by atoms with Crippen LogP contribution in [0.25, 0.3) is 31.6 Å². The molecule has 0 spiro atoms. The number of nitrogens with zero attached hydrogens (tertiary/aromatic N) is 3. The molecule has 0 aliphatic carbocycles. The van der Waals surface area contributed by atoms with Crippen molar-refractivity contribution < 1.29 is 5.21 Å². The SMILES string of the molecule is ON=Cc1c[nH]c2ccc(Nc3ncnc4cc(-c5ccccc5)sc34)cc12. The van der Waals surface area contributed by atoms with Crippen LogP contribution in [0.4, 0.5) is 11.5 Å². The molecule has 0 aliphatic heterocycles. The third kappa shape index (κ3) is 2.87. The van der Waals surface area contributed by atoms with Crippen molar-refractivity contribution in [2.24, 2.45) is 5.16 Å². The van der Waals surface area contributed by atoms with Crippen molar-refractivity contribution in [1.82, 2.24) is 15.0 Å². The molecule has 28 heavy (non-hydrogen) atoms. The van der Waals surface area contributed by atoms with E-state index in [0.717, 1.165) is 48.6 Å². The molecule has 6 nitrogen and oxygen atoms in total. The Kier molecular flexibility index (Phi) is 3.99. The van der Waals surface area contributed by atoms with Gasteiger partial charge in [0, 0.05) is 33.2 Å². The summed E-state index contributed by atoms with van der Waals surface area (Å²) in [5, 5.41) is 16.3. The van der Waals surface area contributed by atoms with Crippen LogP contribution in [0.3, 0.4) is 0 Å². The van der Waals surface area contributed by atoms with E-state index in [4.69, 9.17) is 5.21 Å². The van der Waals surface area contributed by atoms with Gasteiger partial charge in [-0.3, -0.25) is 0 Å². The molecule has 0 atom stereocenters. The van der Waals surface area contributed by atoms with E-state index in [9.17, 15) is 0 Å². The summed E-state index contributed by atoms with van der Waals surface area (Å²) in [5.74, 6) is 0.768. The van der Waals surface area contributed by atoms with Gasteiger partial charge in [-0.25, -0.2) is 9.97 Å². The van der Waals surface area contributed by atoms with Gasteiger partial charge in [0.1, 0.15) is 6.33 Å². The first-order valence-corrected chi connectivity index (χ1v) is 9.49. The van der Waals surface area contributed by atoms with Gasteiger partial charge in [0.25, 0.3) is 0 Å². The van der Waals surface area contributed by atoms with Gasteiger partial charge in [0.2, 0.25) is 0 Å². The number of thiophene rings is 1.